The van der Waals surface area contributed by atoms with E-state index in [1.54, 1.807) is 6.92 Å². The van der Waals surface area contributed by atoms with Crippen LogP contribution in [0.3, 0.4) is 0 Å². The molecule has 3 nitrogen and oxygen atoms in total. The zero-order valence-corrected chi connectivity index (χ0v) is 9.72. The lowest BCUT2D eigenvalue weighted by molar-refractivity contribution is -0.119. The van der Waals surface area contributed by atoms with Crippen LogP contribution in [-0.4, -0.2) is 29.7 Å². The highest BCUT2D eigenvalue weighted by molar-refractivity contribution is 9.10. The van der Waals surface area contributed by atoms with E-state index < -0.39 is 12.7 Å². The van der Waals surface area contributed by atoms with Gasteiger partial charge in [0.05, 0.1) is 0 Å². The lowest BCUT2D eigenvalue weighted by Crippen LogP contribution is -2.31. The summed E-state index contributed by atoms with van der Waals surface area (Å²) in [4.78, 5) is 8.84. The third kappa shape index (κ3) is 4.03. The molecule has 84 valence electrons. The van der Waals surface area contributed by atoms with Crippen molar-refractivity contribution in [1.29, 1.82) is 0 Å². The van der Waals surface area contributed by atoms with Gasteiger partial charge in [-0.15, -0.1) is 0 Å². The van der Waals surface area contributed by atoms with E-state index >= 15 is 0 Å². The molecule has 7 heteroatoms. The topological polar surface area (TPSA) is 29.0 Å². The summed E-state index contributed by atoms with van der Waals surface area (Å²) in [5.74, 6) is 0.667. The van der Waals surface area contributed by atoms with Crippen LogP contribution in [0.15, 0.2) is 10.7 Å². The van der Waals surface area contributed by atoms with Crippen LogP contribution in [0.5, 0.6) is 0 Å². The van der Waals surface area contributed by atoms with Crippen LogP contribution >= 0.6 is 15.9 Å². The minimum atomic E-state index is -4.24. The Hall–Kier alpha value is -0.850. The third-order valence-electron chi connectivity index (χ3n) is 1.60. The molecule has 0 fully saturated rings. The number of nitrogens with zero attached hydrogens (tertiary/aromatic N) is 3. The number of aryl methyl sites for hydroxylation is 1. The normalized spacial score (nSPS) is 11.6. The molecule has 1 heterocycles. The molecule has 0 saturated carbocycles. The Morgan fingerprint density at radius 2 is 2.00 bits per heavy atom. The quantitative estimate of drug-likeness (QED) is 0.781. The molecule has 0 amide bonds. The Labute approximate surface area is 93.5 Å². The van der Waals surface area contributed by atoms with E-state index in [2.05, 4.69) is 25.9 Å². The second kappa shape index (κ2) is 4.34. The molecule has 0 aliphatic carbocycles. The van der Waals surface area contributed by atoms with Gasteiger partial charge in [0, 0.05) is 13.1 Å². The fourth-order valence-corrected chi connectivity index (χ4v) is 1.52. The van der Waals surface area contributed by atoms with Crippen molar-refractivity contribution in [2.45, 2.75) is 13.1 Å². The van der Waals surface area contributed by atoms with Gasteiger partial charge in [0.15, 0.2) is 0 Å². The second-order valence-electron chi connectivity index (χ2n) is 3.07. The van der Waals surface area contributed by atoms with Crippen LogP contribution in [0.4, 0.5) is 19.0 Å². The largest absolute Gasteiger partial charge is 0.405 e. The van der Waals surface area contributed by atoms with Gasteiger partial charge in [-0.25, -0.2) is 9.97 Å². The lowest BCUT2D eigenvalue weighted by atomic mass is 10.4. The molecule has 0 bridgehead atoms. The van der Waals surface area contributed by atoms with Gasteiger partial charge in [0.2, 0.25) is 0 Å². The van der Waals surface area contributed by atoms with E-state index in [0.717, 1.165) is 4.90 Å². The molecule has 0 unspecified atom stereocenters. The summed E-state index contributed by atoms with van der Waals surface area (Å²) in [5, 5.41) is 0. The van der Waals surface area contributed by atoms with Crippen molar-refractivity contribution < 1.29 is 13.2 Å². The van der Waals surface area contributed by atoms with Gasteiger partial charge in [0.25, 0.3) is 0 Å². The number of hydrogen-bond donors (Lipinski definition) is 0. The standard InChI is InChI=1S/C8H9BrF3N3/c1-5-13-6(9)3-7(14-5)15(2)4-8(10,11)12/h3H,4H2,1-2H3. The van der Waals surface area contributed by atoms with Crippen molar-refractivity contribution in [2.75, 3.05) is 18.5 Å². The van der Waals surface area contributed by atoms with Gasteiger partial charge >= 0.3 is 6.18 Å². The highest BCUT2D eigenvalue weighted by Crippen LogP contribution is 2.21. The van der Waals surface area contributed by atoms with Crippen LogP contribution in [0, 0.1) is 6.92 Å². The minimum Gasteiger partial charge on any atom is -0.350 e. The molecule has 1 aromatic rings. The molecule has 0 spiro atoms. The van der Waals surface area contributed by atoms with Crippen molar-refractivity contribution in [2.24, 2.45) is 0 Å². The molecule has 0 radical (unpaired) electrons. The first-order valence-electron chi connectivity index (χ1n) is 4.07. The monoisotopic (exact) mass is 283 g/mol. The molecule has 0 N–H and O–H groups in total. The average Bonchev–Trinajstić information content (AvgIpc) is 1.98. The van der Waals surface area contributed by atoms with Gasteiger partial charge < -0.3 is 4.90 Å². The molecule has 1 aromatic heterocycles. The maximum absolute atomic E-state index is 12.1. The second-order valence-corrected chi connectivity index (χ2v) is 3.88. The fraction of sp³-hybridized carbons (Fsp3) is 0.500. The summed E-state index contributed by atoms with van der Waals surface area (Å²) >= 11 is 3.10. The molecule has 0 aliphatic heterocycles. The van der Waals surface area contributed by atoms with Gasteiger partial charge in [-0.3, -0.25) is 0 Å². The zero-order chi connectivity index (χ0) is 11.6. The number of rotatable bonds is 2. The van der Waals surface area contributed by atoms with E-state index in [0.29, 0.717) is 10.4 Å². The van der Waals surface area contributed by atoms with Crippen LogP contribution in [0.1, 0.15) is 5.82 Å². The maximum atomic E-state index is 12.1. The molecular formula is C8H9BrF3N3. The highest BCUT2D eigenvalue weighted by atomic mass is 79.9. The SMILES string of the molecule is Cc1nc(Br)cc(N(C)CC(F)(F)F)n1. The van der Waals surface area contributed by atoms with Crippen LogP contribution in [0.2, 0.25) is 0 Å². The summed E-state index contributed by atoms with van der Waals surface area (Å²) in [7, 11) is 1.34. The average molecular weight is 284 g/mol. The lowest BCUT2D eigenvalue weighted by Gasteiger charge is -2.19. The molecule has 0 aromatic carbocycles. The summed E-state index contributed by atoms with van der Waals surface area (Å²) in [6, 6.07) is 1.44. The predicted octanol–water partition coefficient (Wildman–Crippen LogP) is 2.55. The Kier molecular flexibility index (Phi) is 3.54. The third-order valence-corrected chi connectivity index (χ3v) is 2.01. The Morgan fingerprint density at radius 1 is 1.40 bits per heavy atom. The van der Waals surface area contributed by atoms with Crippen molar-refractivity contribution in [3.63, 3.8) is 0 Å². The summed E-state index contributed by atoms with van der Waals surface area (Å²) in [6.07, 6.45) is -4.24. The summed E-state index contributed by atoms with van der Waals surface area (Å²) in [5.41, 5.74) is 0. The van der Waals surface area contributed by atoms with Crippen LogP contribution in [-0.2, 0) is 0 Å². The van der Waals surface area contributed by atoms with Crippen LogP contribution in [0.25, 0.3) is 0 Å². The van der Waals surface area contributed by atoms with Crippen molar-refractivity contribution in [3.8, 4) is 0 Å². The van der Waals surface area contributed by atoms with Crippen molar-refractivity contribution >= 4 is 21.7 Å². The van der Waals surface area contributed by atoms with Crippen LogP contribution < -0.4 is 4.90 Å². The highest BCUT2D eigenvalue weighted by Gasteiger charge is 2.29. The first-order valence-corrected chi connectivity index (χ1v) is 4.86. The zero-order valence-electron chi connectivity index (χ0n) is 8.14. The van der Waals surface area contributed by atoms with Crippen molar-refractivity contribution in [3.05, 3.63) is 16.5 Å². The molecule has 1 rings (SSSR count). The molecule has 0 atom stereocenters. The van der Waals surface area contributed by atoms with E-state index in [1.807, 2.05) is 0 Å². The first-order chi connectivity index (χ1) is 6.78. The van der Waals surface area contributed by atoms with E-state index in [-0.39, 0.29) is 5.82 Å². The Bertz CT molecular complexity index is 333. The summed E-state index contributed by atoms with van der Waals surface area (Å²) < 4.78 is 36.8. The maximum Gasteiger partial charge on any atom is 0.405 e. The van der Waals surface area contributed by atoms with Gasteiger partial charge in [-0.1, -0.05) is 0 Å². The minimum absolute atomic E-state index is 0.242. The van der Waals surface area contributed by atoms with E-state index in [1.165, 1.54) is 13.1 Å². The smallest absolute Gasteiger partial charge is 0.350 e. The molecule has 15 heavy (non-hydrogen) atoms. The van der Waals surface area contributed by atoms with Gasteiger partial charge in [-0.2, -0.15) is 13.2 Å². The first kappa shape index (κ1) is 12.2. The molecule has 0 aliphatic rings. The van der Waals surface area contributed by atoms with Crippen molar-refractivity contribution in [1.82, 2.24) is 9.97 Å². The number of halogens is 4. The van der Waals surface area contributed by atoms with Gasteiger partial charge in [-0.05, 0) is 22.9 Å². The van der Waals surface area contributed by atoms with E-state index in [4.69, 9.17) is 0 Å². The Balaban J connectivity index is 2.86. The predicted molar refractivity (Wildman–Crippen MR) is 53.8 cm³/mol. The van der Waals surface area contributed by atoms with E-state index in [9.17, 15) is 13.2 Å². The number of alkyl halides is 3. The van der Waals surface area contributed by atoms with Gasteiger partial charge in [0.1, 0.15) is 22.8 Å². The molecule has 0 saturated heterocycles. The fourth-order valence-electron chi connectivity index (χ4n) is 1.06. The number of aromatic nitrogens is 2. The number of anilines is 1. The molecular weight excluding hydrogens is 275 g/mol. The number of hydrogen-bond acceptors (Lipinski definition) is 3. The summed E-state index contributed by atoms with van der Waals surface area (Å²) in [6.45, 7) is 0.589. The Morgan fingerprint density at radius 3 is 2.47 bits per heavy atom.